The normalized spacial score (nSPS) is 15.4. The zero-order valence-corrected chi connectivity index (χ0v) is 21.8. The number of carbonyl (C=O) groups excluding carboxylic acids is 1. The molecule has 1 amide bonds. The highest BCUT2D eigenvalue weighted by molar-refractivity contribution is 9.10. The number of imidazole rings is 1. The van der Waals surface area contributed by atoms with Crippen LogP contribution >= 0.6 is 15.9 Å². The number of carbonyl (C=O) groups is 1. The number of ether oxygens (including phenoxy) is 2. The Labute approximate surface area is 219 Å². The summed E-state index contributed by atoms with van der Waals surface area (Å²) < 4.78 is 14.8. The highest BCUT2D eigenvalue weighted by Gasteiger charge is 2.35. The van der Waals surface area contributed by atoms with Crippen LogP contribution in [-0.2, 0) is 17.8 Å². The van der Waals surface area contributed by atoms with Gasteiger partial charge in [0.1, 0.15) is 12.4 Å². The smallest absolute Gasteiger partial charge is 0.227 e. The third-order valence-corrected chi connectivity index (χ3v) is 7.17. The lowest BCUT2D eigenvalue weighted by Crippen LogP contribution is -2.25. The van der Waals surface area contributed by atoms with Gasteiger partial charge in [-0.05, 0) is 64.3 Å². The lowest BCUT2D eigenvalue weighted by atomic mass is 10.1. The fourth-order valence-electron chi connectivity index (χ4n) is 4.80. The number of benzene rings is 3. The van der Waals surface area contributed by atoms with Crippen LogP contribution in [0.15, 0.2) is 83.9 Å². The Morgan fingerprint density at radius 3 is 2.72 bits per heavy atom. The SMILES string of the molecule is C=CCc1ccc(OCCn2c(C3CC(=O)N(c4ccccc4Br)C3)nc3ccccc32)c(OC)c1. The number of allylic oxidation sites excluding steroid dienone is 1. The number of nitrogens with zero attached hydrogens (tertiary/aromatic N) is 3. The van der Waals surface area contributed by atoms with Gasteiger partial charge in [0, 0.05) is 23.4 Å². The first-order valence-corrected chi connectivity index (χ1v) is 12.8. The average molecular weight is 546 g/mol. The van der Waals surface area contributed by atoms with Crippen LogP contribution in [-0.4, -0.2) is 35.7 Å². The van der Waals surface area contributed by atoms with Gasteiger partial charge in [0.2, 0.25) is 5.91 Å². The van der Waals surface area contributed by atoms with E-state index in [9.17, 15) is 4.79 Å². The van der Waals surface area contributed by atoms with E-state index < -0.39 is 0 Å². The number of anilines is 1. The zero-order valence-electron chi connectivity index (χ0n) is 20.2. The molecule has 36 heavy (non-hydrogen) atoms. The summed E-state index contributed by atoms with van der Waals surface area (Å²) in [4.78, 5) is 19.8. The first kappa shape index (κ1) is 24.1. The molecule has 4 aromatic rings. The molecule has 3 aromatic carbocycles. The topological polar surface area (TPSA) is 56.6 Å². The van der Waals surface area contributed by atoms with Crippen molar-refractivity contribution in [2.75, 3.05) is 25.2 Å². The lowest BCUT2D eigenvalue weighted by molar-refractivity contribution is -0.117. The number of rotatable bonds is 9. The quantitative estimate of drug-likeness (QED) is 0.237. The van der Waals surface area contributed by atoms with Crippen molar-refractivity contribution in [3.05, 3.63) is 95.2 Å². The van der Waals surface area contributed by atoms with Crippen LogP contribution < -0.4 is 14.4 Å². The summed E-state index contributed by atoms with van der Waals surface area (Å²) in [5.74, 6) is 2.41. The van der Waals surface area contributed by atoms with E-state index in [0.717, 1.165) is 39.0 Å². The number of amides is 1. The Morgan fingerprint density at radius 2 is 1.92 bits per heavy atom. The van der Waals surface area contributed by atoms with Crippen molar-refractivity contribution in [1.82, 2.24) is 9.55 Å². The maximum Gasteiger partial charge on any atom is 0.227 e. The second-order valence-corrected chi connectivity index (χ2v) is 9.65. The molecular weight excluding hydrogens is 518 g/mol. The minimum absolute atomic E-state index is 0.00951. The Kier molecular flexibility index (Phi) is 7.09. The molecule has 1 aliphatic heterocycles. The van der Waals surface area contributed by atoms with E-state index in [0.29, 0.717) is 37.6 Å². The van der Waals surface area contributed by atoms with Gasteiger partial charge < -0.3 is 18.9 Å². The van der Waals surface area contributed by atoms with Gasteiger partial charge in [0.15, 0.2) is 11.5 Å². The molecule has 1 fully saturated rings. The van der Waals surface area contributed by atoms with E-state index in [-0.39, 0.29) is 11.8 Å². The van der Waals surface area contributed by atoms with Crippen LogP contribution in [0.5, 0.6) is 11.5 Å². The summed E-state index contributed by atoms with van der Waals surface area (Å²) in [5, 5.41) is 0. The molecule has 0 aliphatic carbocycles. The molecule has 0 radical (unpaired) electrons. The second kappa shape index (κ2) is 10.6. The Bertz CT molecular complexity index is 1410. The fourth-order valence-corrected chi connectivity index (χ4v) is 5.30. The van der Waals surface area contributed by atoms with Gasteiger partial charge in [-0.2, -0.15) is 0 Å². The molecule has 5 rings (SSSR count). The molecular formula is C29H28BrN3O3. The number of hydrogen-bond donors (Lipinski definition) is 0. The van der Waals surface area contributed by atoms with Crippen LogP contribution in [0.3, 0.4) is 0 Å². The summed E-state index contributed by atoms with van der Waals surface area (Å²) in [7, 11) is 1.65. The standard InChI is InChI=1S/C29H28BrN3O3/c1-3-8-20-13-14-26(27(17-20)35-2)36-16-15-32-25-12-7-5-10-23(25)31-29(32)21-18-28(34)33(19-21)24-11-6-4-9-22(24)30/h3-7,9-14,17,21H,1,8,15-16,18-19H2,2H3. The summed E-state index contributed by atoms with van der Waals surface area (Å²) in [6.45, 7) is 5.44. The molecule has 6 nitrogen and oxygen atoms in total. The summed E-state index contributed by atoms with van der Waals surface area (Å²) in [5.41, 5.74) is 3.97. The van der Waals surface area contributed by atoms with Crippen molar-refractivity contribution in [1.29, 1.82) is 0 Å². The van der Waals surface area contributed by atoms with Crippen LogP contribution in [0.4, 0.5) is 5.69 Å². The largest absolute Gasteiger partial charge is 0.493 e. The van der Waals surface area contributed by atoms with E-state index in [4.69, 9.17) is 14.5 Å². The van der Waals surface area contributed by atoms with Gasteiger partial charge in [-0.1, -0.05) is 36.4 Å². The molecule has 2 heterocycles. The Hall–Kier alpha value is -3.58. The van der Waals surface area contributed by atoms with Gasteiger partial charge >= 0.3 is 0 Å². The third kappa shape index (κ3) is 4.75. The molecule has 1 aromatic heterocycles. The average Bonchev–Trinajstić information content (AvgIpc) is 3.45. The number of para-hydroxylation sites is 3. The molecule has 0 bridgehead atoms. The Balaban J connectivity index is 1.38. The highest BCUT2D eigenvalue weighted by atomic mass is 79.9. The molecule has 1 saturated heterocycles. The number of halogens is 1. The third-order valence-electron chi connectivity index (χ3n) is 6.50. The van der Waals surface area contributed by atoms with Gasteiger partial charge in [-0.3, -0.25) is 4.79 Å². The molecule has 0 saturated carbocycles. The van der Waals surface area contributed by atoms with Gasteiger partial charge in [-0.15, -0.1) is 6.58 Å². The van der Waals surface area contributed by atoms with E-state index in [1.807, 2.05) is 71.6 Å². The molecule has 1 atom stereocenters. The minimum Gasteiger partial charge on any atom is -0.493 e. The van der Waals surface area contributed by atoms with Crippen molar-refractivity contribution in [2.45, 2.75) is 25.3 Å². The van der Waals surface area contributed by atoms with Crippen LogP contribution in [0.1, 0.15) is 23.7 Å². The second-order valence-electron chi connectivity index (χ2n) is 8.79. The van der Waals surface area contributed by atoms with E-state index >= 15 is 0 Å². The monoisotopic (exact) mass is 545 g/mol. The van der Waals surface area contributed by atoms with Crippen LogP contribution in [0.2, 0.25) is 0 Å². The van der Waals surface area contributed by atoms with Crippen molar-refractivity contribution < 1.29 is 14.3 Å². The first-order valence-electron chi connectivity index (χ1n) is 12.0. The predicted molar refractivity (Wildman–Crippen MR) is 146 cm³/mol. The lowest BCUT2D eigenvalue weighted by Gasteiger charge is -2.19. The summed E-state index contributed by atoms with van der Waals surface area (Å²) in [6.07, 6.45) is 3.06. The molecule has 7 heteroatoms. The highest BCUT2D eigenvalue weighted by Crippen LogP contribution is 2.36. The number of aromatic nitrogens is 2. The minimum atomic E-state index is -0.00951. The van der Waals surface area contributed by atoms with E-state index in [2.05, 4.69) is 33.1 Å². The van der Waals surface area contributed by atoms with Crippen molar-refractivity contribution in [2.24, 2.45) is 0 Å². The zero-order chi connectivity index (χ0) is 25.1. The molecule has 184 valence electrons. The maximum absolute atomic E-state index is 13.0. The van der Waals surface area contributed by atoms with Crippen molar-refractivity contribution in [3.8, 4) is 11.5 Å². The number of fused-ring (bicyclic) bond motifs is 1. The summed E-state index contributed by atoms with van der Waals surface area (Å²) >= 11 is 3.59. The maximum atomic E-state index is 13.0. The summed E-state index contributed by atoms with van der Waals surface area (Å²) in [6, 6.07) is 21.9. The number of methoxy groups -OCH3 is 1. The van der Waals surface area contributed by atoms with Crippen molar-refractivity contribution in [3.63, 3.8) is 0 Å². The molecule has 1 aliphatic rings. The number of hydrogen-bond acceptors (Lipinski definition) is 4. The predicted octanol–water partition coefficient (Wildman–Crippen LogP) is 6.14. The molecule has 0 N–H and O–H groups in total. The van der Waals surface area contributed by atoms with Crippen LogP contribution in [0, 0.1) is 0 Å². The van der Waals surface area contributed by atoms with Gasteiger partial charge in [0.05, 0.1) is 30.4 Å². The Morgan fingerprint density at radius 1 is 1.11 bits per heavy atom. The first-order chi connectivity index (χ1) is 17.6. The fraction of sp³-hybridized carbons (Fsp3) is 0.241. The van der Waals surface area contributed by atoms with Gasteiger partial charge in [0.25, 0.3) is 0 Å². The van der Waals surface area contributed by atoms with E-state index in [1.54, 1.807) is 7.11 Å². The molecule has 0 spiro atoms. The van der Waals surface area contributed by atoms with Gasteiger partial charge in [-0.25, -0.2) is 4.98 Å². The molecule has 1 unspecified atom stereocenters. The van der Waals surface area contributed by atoms with Crippen molar-refractivity contribution >= 4 is 38.6 Å². The van der Waals surface area contributed by atoms with Crippen LogP contribution in [0.25, 0.3) is 11.0 Å². The van der Waals surface area contributed by atoms with E-state index in [1.165, 1.54) is 0 Å².